The number of rotatable bonds is 8. The van der Waals surface area contributed by atoms with E-state index >= 15 is 0 Å². The maximum absolute atomic E-state index is 3.79. The Morgan fingerprint density at radius 2 is 2.00 bits per heavy atom. The van der Waals surface area contributed by atoms with Gasteiger partial charge in [-0.3, -0.25) is 0 Å². The number of unbranched alkanes of at least 4 members (excludes halogenated alkanes) is 2. The summed E-state index contributed by atoms with van der Waals surface area (Å²) < 4.78 is 0. The molecule has 0 saturated heterocycles. The van der Waals surface area contributed by atoms with Crippen molar-refractivity contribution in [1.82, 2.24) is 5.32 Å². The second kappa shape index (κ2) is 7.88. The van der Waals surface area contributed by atoms with Crippen LogP contribution in [0.25, 0.3) is 0 Å². The van der Waals surface area contributed by atoms with E-state index in [1.165, 1.54) is 30.6 Å². The lowest BCUT2D eigenvalue weighted by Crippen LogP contribution is -2.33. The minimum absolute atomic E-state index is 0.520. The second-order valence-electron chi connectivity index (χ2n) is 5.30. The summed E-state index contributed by atoms with van der Waals surface area (Å²) in [5.74, 6) is 0.655. The van der Waals surface area contributed by atoms with Gasteiger partial charge in [-0.1, -0.05) is 46.1 Å². The molecule has 2 unspecified atom stereocenters. The molecule has 2 heteroatoms. The van der Waals surface area contributed by atoms with Crippen molar-refractivity contribution in [3.63, 3.8) is 0 Å². The van der Waals surface area contributed by atoms with Gasteiger partial charge in [0.25, 0.3) is 0 Å². The standard InChI is InChI=1S/C15H27NS/c1-5-6-7-9-13(4)16-15(12(2)3)14-10-8-11-17-14/h8,10-13,15-16H,5-7,9H2,1-4H3. The van der Waals surface area contributed by atoms with Crippen LogP contribution in [0.3, 0.4) is 0 Å². The molecule has 1 N–H and O–H groups in total. The van der Waals surface area contributed by atoms with E-state index in [0.717, 1.165) is 0 Å². The Balaban J connectivity index is 2.44. The summed E-state index contributed by atoms with van der Waals surface area (Å²) in [4.78, 5) is 1.47. The van der Waals surface area contributed by atoms with E-state index in [0.29, 0.717) is 18.0 Å². The highest BCUT2D eigenvalue weighted by atomic mass is 32.1. The first-order valence-electron chi connectivity index (χ1n) is 6.94. The fourth-order valence-corrected chi connectivity index (χ4v) is 3.12. The van der Waals surface area contributed by atoms with Gasteiger partial charge in [0.1, 0.15) is 0 Å². The Morgan fingerprint density at radius 1 is 1.24 bits per heavy atom. The molecule has 0 fully saturated rings. The lowest BCUT2D eigenvalue weighted by molar-refractivity contribution is 0.358. The molecular weight excluding hydrogens is 226 g/mol. The normalized spacial score (nSPS) is 15.1. The Morgan fingerprint density at radius 3 is 2.53 bits per heavy atom. The van der Waals surface area contributed by atoms with Gasteiger partial charge in [-0.05, 0) is 30.7 Å². The Labute approximate surface area is 111 Å². The molecule has 1 nitrogen and oxygen atoms in total. The summed E-state index contributed by atoms with van der Waals surface area (Å²) in [6.45, 7) is 9.19. The molecule has 0 spiro atoms. The molecule has 0 bridgehead atoms. The van der Waals surface area contributed by atoms with Crippen LogP contribution in [-0.4, -0.2) is 6.04 Å². The molecule has 0 aliphatic heterocycles. The highest BCUT2D eigenvalue weighted by molar-refractivity contribution is 7.10. The fourth-order valence-electron chi connectivity index (χ4n) is 2.16. The van der Waals surface area contributed by atoms with Gasteiger partial charge in [-0.25, -0.2) is 0 Å². The van der Waals surface area contributed by atoms with Crippen molar-refractivity contribution in [2.24, 2.45) is 5.92 Å². The van der Waals surface area contributed by atoms with Crippen LogP contribution in [0, 0.1) is 5.92 Å². The zero-order valence-corrected chi connectivity index (χ0v) is 12.5. The topological polar surface area (TPSA) is 12.0 Å². The summed E-state index contributed by atoms with van der Waals surface area (Å²) in [5, 5.41) is 5.96. The highest BCUT2D eigenvalue weighted by Gasteiger charge is 2.18. The monoisotopic (exact) mass is 253 g/mol. The highest BCUT2D eigenvalue weighted by Crippen LogP contribution is 2.26. The molecule has 1 aromatic rings. The minimum atomic E-state index is 0.520. The third-order valence-corrected chi connectivity index (χ3v) is 4.18. The summed E-state index contributed by atoms with van der Waals surface area (Å²) in [6.07, 6.45) is 5.31. The van der Waals surface area contributed by atoms with Crippen LogP contribution < -0.4 is 5.32 Å². The van der Waals surface area contributed by atoms with Gasteiger partial charge < -0.3 is 5.32 Å². The summed E-state index contributed by atoms with van der Waals surface area (Å²) >= 11 is 1.87. The van der Waals surface area contributed by atoms with Gasteiger partial charge in [-0.15, -0.1) is 11.3 Å². The molecular formula is C15H27NS. The summed E-state index contributed by atoms with van der Waals surface area (Å²) in [6, 6.07) is 5.54. The third-order valence-electron chi connectivity index (χ3n) is 3.22. The zero-order valence-electron chi connectivity index (χ0n) is 11.7. The molecule has 0 amide bonds. The molecule has 0 saturated carbocycles. The third kappa shape index (κ3) is 5.22. The number of nitrogens with one attached hydrogen (secondary N) is 1. The van der Waals surface area contributed by atoms with E-state index in [9.17, 15) is 0 Å². The molecule has 17 heavy (non-hydrogen) atoms. The molecule has 0 aliphatic rings. The van der Waals surface area contributed by atoms with E-state index in [1.807, 2.05) is 11.3 Å². The lowest BCUT2D eigenvalue weighted by atomic mass is 10.0. The summed E-state index contributed by atoms with van der Waals surface area (Å²) in [7, 11) is 0. The van der Waals surface area contributed by atoms with Crippen molar-refractivity contribution < 1.29 is 0 Å². The SMILES string of the molecule is CCCCCC(C)NC(c1cccs1)C(C)C. The van der Waals surface area contributed by atoms with Gasteiger partial charge >= 0.3 is 0 Å². The van der Waals surface area contributed by atoms with E-state index in [4.69, 9.17) is 0 Å². The van der Waals surface area contributed by atoms with Crippen LogP contribution in [-0.2, 0) is 0 Å². The Kier molecular flexibility index (Phi) is 6.83. The molecule has 0 aliphatic carbocycles. The predicted octanol–water partition coefficient (Wildman–Crippen LogP) is 5.00. The first kappa shape index (κ1) is 14.7. The number of thiophene rings is 1. The fraction of sp³-hybridized carbons (Fsp3) is 0.733. The first-order valence-corrected chi connectivity index (χ1v) is 7.82. The van der Waals surface area contributed by atoms with E-state index < -0.39 is 0 Å². The maximum Gasteiger partial charge on any atom is 0.0440 e. The molecule has 1 heterocycles. The lowest BCUT2D eigenvalue weighted by Gasteiger charge is -2.25. The molecule has 1 rings (SSSR count). The Bertz CT molecular complexity index is 279. The van der Waals surface area contributed by atoms with Crippen molar-refractivity contribution >= 4 is 11.3 Å². The van der Waals surface area contributed by atoms with Gasteiger partial charge in [0, 0.05) is 17.0 Å². The Hall–Kier alpha value is -0.340. The van der Waals surface area contributed by atoms with Gasteiger partial charge in [0.05, 0.1) is 0 Å². The van der Waals surface area contributed by atoms with Gasteiger partial charge in [-0.2, -0.15) is 0 Å². The first-order chi connectivity index (χ1) is 8.15. The maximum atomic E-state index is 3.79. The van der Waals surface area contributed by atoms with Gasteiger partial charge in [0.15, 0.2) is 0 Å². The van der Waals surface area contributed by atoms with Crippen LogP contribution in [0.4, 0.5) is 0 Å². The van der Waals surface area contributed by atoms with Crippen LogP contribution in [0.15, 0.2) is 17.5 Å². The predicted molar refractivity (Wildman–Crippen MR) is 78.6 cm³/mol. The van der Waals surface area contributed by atoms with Crippen LogP contribution >= 0.6 is 11.3 Å². The van der Waals surface area contributed by atoms with Gasteiger partial charge in [0.2, 0.25) is 0 Å². The molecule has 0 aromatic carbocycles. The second-order valence-corrected chi connectivity index (χ2v) is 6.28. The zero-order chi connectivity index (χ0) is 12.7. The van der Waals surface area contributed by atoms with Crippen molar-refractivity contribution in [3.8, 4) is 0 Å². The van der Waals surface area contributed by atoms with E-state index in [1.54, 1.807) is 0 Å². The summed E-state index contributed by atoms with van der Waals surface area (Å²) in [5.41, 5.74) is 0. The van der Waals surface area contributed by atoms with E-state index in [-0.39, 0.29) is 0 Å². The van der Waals surface area contributed by atoms with Crippen molar-refractivity contribution in [1.29, 1.82) is 0 Å². The van der Waals surface area contributed by atoms with Crippen LogP contribution in [0.1, 0.15) is 64.3 Å². The molecule has 98 valence electrons. The van der Waals surface area contributed by atoms with E-state index in [2.05, 4.69) is 50.5 Å². The average Bonchev–Trinajstić information content (AvgIpc) is 2.79. The van der Waals surface area contributed by atoms with Crippen molar-refractivity contribution in [2.45, 2.75) is 65.5 Å². The molecule has 0 radical (unpaired) electrons. The largest absolute Gasteiger partial charge is 0.307 e. The van der Waals surface area contributed by atoms with Crippen molar-refractivity contribution in [2.75, 3.05) is 0 Å². The van der Waals surface area contributed by atoms with Crippen LogP contribution in [0.5, 0.6) is 0 Å². The smallest absolute Gasteiger partial charge is 0.0440 e. The average molecular weight is 253 g/mol. The number of hydrogen-bond donors (Lipinski definition) is 1. The van der Waals surface area contributed by atoms with Crippen LogP contribution in [0.2, 0.25) is 0 Å². The molecule has 1 aromatic heterocycles. The quantitative estimate of drug-likeness (QED) is 0.643. The minimum Gasteiger partial charge on any atom is -0.307 e. The number of hydrogen-bond acceptors (Lipinski definition) is 2. The van der Waals surface area contributed by atoms with Crippen molar-refractivity contribution in [3.05, 3.63) is 22.4 Å². The molecule has 2 atom stereocenters.